The molecule has 0 spiro atoms. The first-order chi connectivity index (χ1) is 7.61. The van der Waals surface area contributed by atoms with Crippen LogP contribution in [0.1, 0.15) is 19.8 Å². The van der Waals surface area contributed by atoms with Crippen molar-refractivity contribution in [2.24, 2.45) is 11.7 Å². The molecule has 4 heteroatoms. The lowest BCUT2D eigenvalue weighted by Gasteiger charge is -2.34. The number of nitrogens with zero attached hydrogens (tertiary/aromatic N) is 2. The normalized spacial score (nSPS) is 21.6. The molecule has 1 unspecified atom stereocenters. The van der Waals surface area contributed by atoms with Crippen molar-refractivity contribution in [3.05, 3.63) is 0 Å². The molecule has 0 aromatic heterocycles. The van der Waals surface area contributed by atoms with E-state index in [0.717, 1.165) is 38.6 Å². The number of rotatable bonds is 6. The second-order valence-corrected chi connectivity index (χ2v) is 5.14. The number of nitrogens with two attached hydrogens (primary N) is 1. The van der Waals surface area contributed by atoms with E-state index in [1.165, 1.54) is 19.4 Å². The predicted molar refractivity (Wildman–Crippen MR) is 67.4 cm³/mol. The highest BCUT2D eigenvalue weighted by atomic mass is 16.3. The van der Waals surface area contributed by atoms with Gasteiger partial charge in [-0.2, -0.15) is 0 Å². The lowest BCUT2D eigenvalue weighted by Crippen LogP contribution is -2.41. The third-order valence-corrected chi connectivity index (χ3v) is 3.31. The highest BCUT2D eigenvalue weighted by Crippen LogP contribution is 2.17. The Hall–Kier alpha value is -0.160. The summed E-state index contributed by atoms with van der Waals surface area (Å²) in [5.41, 5.74) is 5.53. The van der Waals surface area contributed by atoms with Gasteiger partial charge in [-0.1, -0.05) is 0 Å². The smallest absolute Gasteiger partial charge is 0.0639 e. The lowest BCUT2D eigenvalue weighted by atomic mass is 9.96. The number of β-amino-alcohol motifs (C(OH)–C–C–N with tert-alkyl or cyclic N) is 1. The van der Waals surface area contributed by atoms with E-state index in [2.05, 4.69) is 16.8 Å². The van der Waals surface area contributed by atoms with Crippen molar-refractivity contribution in [3.63, 3.8) is 0 Å². The first-order valence-corrected chi connectivity index (χ1v) is 6.41. The molecule has 0 radical (unpaired) electrons. The topological polar surface area (TPSA) is 52.7 Å². The van der Waals surface area contributed by atoms with Gasteiger partial charge in [0.1, 0.15) is 0 Å². The van der Waals surface area contributed by atoms with E-state index in [1.54, 1.807) is 0 Å². The molecule has 0 aromatic rings. The Balaban J connectivity index is 2.16. The van der Waals surface area contributed by atoms with Crippen LogP contribution in [0.3, 0.4) is 0 Å². The summed E-state index contributed by atoms with van der Waals surface area (Å²) in [6, 6.07) is 0. The molecule has 0 aliphatic carbocycles. The maximum Gasteiger partial charge on any atom is 0.0639 e. The molecule has 3 N–H and O–H groups in total. The van der Waals surface area contributed by atoms with Crippen LogP contribution >= 0.6 is 0 Å². The zero-order valence-electron chi connectivity index (χ0n) is 10.7. The lowest BCUT2D eigenvalue weighted by molar-refractivity contribution is 0.0928. The molecule has 1 saturated heterocycles. The van der Waals surface area contributed by atoms with Gasteiger partial charge in [-0.15, -0.1) is 0 Å². The fourth-order valence-electron chi connectivity index (χ4n) is 2.48. The maximum absolute atomic E-state index is 9.32. The van der Waals surface area contributed by atoms with E-state index in [-0.39, 0.29) is 6.10 Å². The van der Waals surface area contributed by atoms with Crippen molar-refractivity contribution in [3.8, 4) is 0 Å². The molecule has 1 atom stereocenters. The van der Waals surface area contributed by atoms with E-state index in [1.807, 2.05) is 6.92 Å². The van der Waals surface area contributed by atoms with Gasteiger partial charge in [0.15, 0.2) is 0 Å². The van der Waals surface area contributed by atoms with Crippen LogP contribution in [0.25, 0.3) is 0 Å². The van der Waals surface area contributed by atoms with Crippen molar-refractivity contribution >= 4 is 0 Å². The second-order valence-electron chi connectivity index (χ2n) is 5.14. The van der Waals surface area contributed by atoms with Gasteiger partial charge in [0.05, 0.1) is 6.10 Å². The summed E-state index contributed by atoms with van der Waals surface area (Å²) in [5, 5.41) is 9.32. The summed E-state index contributed by atoms with van der Waals surface area (Å²) in [6.45, 7) is 7.86. The number of aliphatic hydroxyl groups is 1. The van der Waals surface area contributed by atoms with Gasteiger partial charge in [-0.05, 0) is 45.8 Å². The molecule has 1 heterocycles. The minimum absolute atomic E-state index is 0.198. The van der Waals surface area contributed by atoms with Gasteiger partial charge in [0.2, 0.25) is 0 Å². The van der Waals surface area contributed by atoms with Gasteiger partial charge in [0.25, 0.3) is 0 Å². The third kappa shape index (κ3) is 5.25. The summed E-state index contributed by atoms with van der Waals surface area (Å²) in [6.07, 6.45) is 2.31. The largest absolute Gasteiger partial charge is 0.392 e. The average Bonchev–Trinajstić information content (AvgIpc) is 2.20. The SMILES string of the molecule is CC(O)CN1CCC(CN(C)CCN)CC1. The molecular weight excluding hydrogens is 202 g/mol. The van der Waals surface area contributed by atoms with Crippen LogP contribution in [-0.4, -0.2) is 67.3 Å². The molecule has 4 nitrogen and oxygen atoms in total. The third-order valence-electron chi connectivity index (χ3n) is 3.31. The van der Waals surface area contributed by atoms with Crippen LogP contribution in [0.5, 0.6) is 0 Å². The minimum atomic E-state index is -0.198. The van der Waals surface area contributed by atoms with Crippen LogP contribution in [0, 0.1) is 5.92 Å². The molecule has 1 rings (SSSR count). The Kier molecular flexibility index (Phi) is 6.28. The van der Waals surface area contributed by atoms with E-state index < -0.39 is 0 Å². The predicted octanol–water partition coefficient (Wildman–Crippen LogP) is -0.0303. The summed E-state index contributed by atoms with van der Waals surface area (Å²) >= 11 is 0. The number of aliphatic hydroxyl groups excluding tert-OH is 1. The molecular formula is C12H27N3O. The van der Waals surface area contributed by atoms with Crippen molar-refractivity contribution in [1.82, 2.24) is 9.80 Å². The second kappa shape index (κ2) is 7.22. The summed E-state index contributed by atoms with van der Waals surface area (Å²) in [4.78, 5) is 4.69. The Morgan fingerprint density at radius 3 is 2.56 bits per heavy atom. The van der Waals surface area contributed by atoms with Crippen LogP contribution in [0.15, 0.2) is 0 Å². The summed E-state index contributed by atoms with van der Waals surface area (Å²) in [7, 11) is 2.15. The van der Waals surface area contributed by atoms with E-state index in [0.29, 0.717) is 0 Å². The van der Waals surface area contributed by atoms with E-state index in [9.17, 15) is 5.11 Å². The van der Waals surface area contributed by atoms with Crippen molar-refractivity contribution in [2.45, 2.75) is 25.9 Å². The standard InChI is InChI=1S/C12H27N3O/c1-11(16)9-15-6-3-12(4-7-15)10-14(2)8-5-13/h11-12,16H,3-10,13H2,1-2H3. The molecule has 1 aliphatic rings. The van der Waals surface area contributed by atoms with Crippen molar-refractivity contribution in [1.29, 1.82) is 0 Å². The van der Waals surface area contributed by atoms with Crippen LogP contribution < -0.4 is 5.73 Å². The Labute approximate surface area is 99.4 Å². The van der Waals surface area contributed by atoms with Gasteiger partial charge in [-0.3, -0.25) is 0 Å². The molecule has 16 heavy (non-hydrogen) atoms. The molecule has 0 bridgehead atoms. The number of likely N-dealkylation sites (N-methyl/N-ethyl adjacent to an activating group) is 1. The fourth-order valence-corrected chi connectivity index (χ4v) is 2.48. The highest BCUT2D eigenvalue weighted by molar-refractivity contribution is 4.75. The first-order valence-electron chi connectivity index (χ1n) is 6.41. The minimum Gasteiger partial charge on any atom is -0.392 e. The fraction of sp³-hybridized carbons (Fsp3) is 1.00. The molecule has 96 valence electrons. The maximum atomic E-state index is 9.32. The molecule has 1 aliphatic heterocycles. The van der Waals surface area contributed by atoms with E-state index >= 15 is 0 Å². The quantitative estimate of drug-likeness (QED) is 0.671. The van der Waals surface area contributed by atoms with Gasteiger partial charge in [-0.25, -0.2) is 0 Å². The summed E-state index contributed by atoms with van der Waals surface area (Å²) in [5.74, 6) is 0.807. The number of piperidine rings is 1. The number of likely N-dealkylation sites (tertiary alicyclic amines) is 1. The number of hydrogen-bond donors (Lipinski definition) is 2. The highest BCUT2D eigenvalue weighted by Gasteiger charge is 2.20. The Bertz CT molecular complexity index is 179. The van der Waals surface area contributed by atoms with E-state index in [4.69, 9.17) is 5.73 Å². The Morgan fingerprint density at radius 2 is 2.06 bits per heavy atom. The monoisotopic (exact) mass is 229 g/mol. The van der Waals surface area contributed by atoms with Crippen LogP contribution in [0.4, 0.5) is 0 Å². The average molecular weight is 229 g/mol. The van der Waals surface area contributed by atoms with Crippen LogP contribution in [0.2, 0.25) is 0 Å². The summed E-state index contributed by atoms with van der Waals surface area (Å²) < 4.78 is 0. The van der Waals surface area contributed by atoms with Crippen molar-refractivity contribution < 1.29 is 5.11 Å². The van der Waals surface area contributed by atoms with Gasteiger partial charge < -0.3 is 20.6 Å². The van der Waals surface area contributed by atoms with Crippen LogP contribution in [-0.2, 0) is 0 Å². The Morgan fingerprint density at radius 1 is 1.44 bits per heavy atom. The molecule has 1 fully saturated rings. The molecule has 0 saturated carbocycles. The molecule has 0 aromatic carbocycles. The first kappa shape index (κ1) is 13.9. The molecule has 0 amide bonds. The number of hydrogen-bond acceptors (Lipinski definition) is 4. The van der Waals surface area contributed by atoms with Crippen molar-refractivity contribution in [2.75, 3.05) is 46.3 Å². The zero-order valence-corrected chi connectivity index (χ0v) is 10.7. The van der Waals surface area contributed by atoms with Gasteiger partial charge in [0, 0.05) is 26.2 Å². The van der Waals surface area contributed by atoms with Gasteiger partial charge >= 0.3 is 0 Å². The zero-order chi connectivity index (χ0) is 12.0.